The standard InChI is InChI=1S/C17H17NO4/c1-22-14(19)10-13-15(18-8-4-5-9-18)17(21)12-7-3-2-6-11(12)16(13)20/h2-3,6-7H,4-5,8-10H2,1H3. The number of esters is 1. The number of hydrogen-bond acceptors (Lipinski definition) is 5. The fourth-order valence-corrected chi connectivity index (χ4v) is 3.07. The van der Waals surface area contributed by atoms with Crippen LogP contribution in [0.15, 0.2) is 35.5 Å². The van der Waals surface area contributed by atoms with Gasteiger partial charge in [0.2, 0.25) is 5.78 Å². The molecule has 0 radical (unpaired) electrons. The minimum atomic E-state index is -0.507. The first kappa shape index (κ1) is 14.5. The molecule has 1 aromatic rings. The number of carbonyl (C=O) groups excluding carboxylic acids is 3. The largest absolute Gasteiger partial charge is 0.469 e. The Kier molecular flexibility index (Phi) is 3.79. The van der Waals surface area contributed by atoms with E-state index in [1.54, 1.807) is 24.3 Å². The summed E-state index contributed by atoms with van der Waals surface area (Å²) < 4.78 is 4.68. The van der Waals surface area contributed by atoms with Crippen LogP contribution in [-0.2, 0) is 9.53 Å². The lowest BCUT2D eigenvalue weighted by Gasteiger charge is -2.27. The Hall–Kier alpha value is -2.43. The predicted octanol–water partition coefficient (Wildman–Crippen LogP) is 1.98. The number of ketones is 2. The summed E-state index contributed by atoms with van der Waals surface area (Å²) in [5, 5.41) is 0. The van der Waals surface area contributed by atoms with Crippen molar-refractivity contribution in [2.45, 2.75) is 19.3 Å². The van der Waals surface area contributed by atoms with Crippen molar-refractivity contribution < 1.29 is 19.1 Å². The highest BCUT2D eigenvalue weighted by Gasteiger charge is 2.36. The number of benzene rings is 1. The summed E-state index contributed by atoms with van der Waals surface area (Å²) in [6.45, 7) is 1.47. The van der Waals surface area contributed by atoms with E-state index in [0.717, 1.165) is 25.9 Å². The fourth-order valence-electron chi connectivity index (χ4n) is 3.07. The SMILES string of the molecule is COC(=O)CC1=C(N2CCCC2)C(=O)c2ccccc2C1=O. The van der Waals surface area contributed by atoms with Crippen LogP contribution in [0.5, 0.6) is 0 Å². The molecule has 5 heteroatoms. The smallest absolute Gasteiger partial charge is 0.310 e. The van der Waals surface area contributed by atoms with Crippen molar-refractivity contribution in [1.29, 1.82) is 0 Å². The molecule has 0 spiro atoms. The predicted molar refractivity (Wildman–Crippen MR) is 79.6 cm³/mol. The maximum absolute atomic E-state index is 12.8. The summed E-state index contributed by atoms with van der Waals surface area (Å²) >= 11 is 0. The van der Waals surface area contributed by atoms with E-state index in [4.69, 9.17) is 0 Å². The van der Waals surface area contributed by atoms with Gasteiger partial charge in [-0.15, -0.1) is 0 Å². The highest BCUT2D eigenvalue weighted by atomic mass is 16.5. The molecule has 0 unspecified atom stereocenters. The Bertz CT molecular complexity index is 684. The second-order valence-corrected chi connectivity index (χ2v) is 5.48. The van der Waals surface area contributed by atoms with Crippen molar-refractivity contribution in [2.75, 3.05) is 20.2 Å². The van der Waals surface area contributed by atoms with Crippen LogP contribution in [0.2, 0.25) is 0 Å². The highest BCUT2D eigenvalue weighted by molar-refractivity contribution is 6.27. The number of allylic oxidation sites excluding steroid dienone is 1. The molecule has 0 N–H and O–H groups in total. The van der Waals surface area contributed by atoms with Crippen LogP contribution in [0, 0.1) is 0 Å². The normalized spacial score (nSPS) is 17.8. The van der Waals surface area contributed by atoms with E-state index >= 15 is 0 Å². The van der Waals surface area contributed by atoms with Gasteiger partial charge in [0.1, 0.15) is 0 Å². The molecular formula is C17H17NO4. The van der Waals surface area contributed by atoms with Crippen molar-refractivity contribution in [3.8, 4) is 0 Å². The second kappa shape index (κ2) is 5.75. The zero-order valence-corrected chi connectivity index (χ0v) is 12.4. The topological polar surface area (TPSA) is 63.7 Å². The summed E-state index contributed by atoms with van der Waals surface area (Å²) in [6, 6.07) is 6.77. The Labute approximate surface area is 128 Å². The van der Waals surface area contributed by atoms with Crippen LogP contribution < -0.4 is 0 Å². The molecule has 114 valence electrons. The summed E-state index contributed by atoms with van der Waals surface area (Å²) in [5.41, 5.74) is 1.43. The lowest BCUT2D eigenvalue weighted by Crippen LogP contribution is -2.33. The first-order chi connectivity index (χ1) is 10.6. The van der Waals surface area contributed by atoms with Crippen molar-refractivity contribution in [3.63, 3.8) is 0 Å². The van der Waals surface area contributed by atoms with Gasteiger partial charge in [-0.3, -0.25) is 14.4 Å². The van der Waals surface area contributed by atoms with E-state index < -0.39 is 5.97 Å². The van der Waals surface area contributed by atoms with Gasteiger partial charge in [-0.05, 0) is 12.8 Å². The summed E-state index contributed by atoms with van der Waals surface area (Å²) in [4.78, 5) is 39.2. The van der Waals surface area contributed by atoms with Crippen LogP contribution in [-0.4, -0.2) is 42.6 Å². The van der Waals surface area contributed by atoms with Crippen LogP contribution >= 0.6 is 0 Å². The fraction of sp³-hybridized carbons (Fsp3) is 0.353. The molecule has 22 heavy (non-hydrogen) atoms. The van der Waals surface area contributed by atoms with Crippen LogP contribution in [0.4, 0.5) is 0 Å². The Balaban J connectivity index is 2.12. The lowest BCUT2D eigenvalue weighted by atomic mass is 9.85. The summed E-state index contributed by atoms with van der Waals surface area (Å²) in [7, 11) is 1.28. The first-order valence-corrected chi connectivity index (χ1v) is 7.37. The van der Waals surface area contributed by atoms with Crippen molar-refractivity contribution in [1.82, 2.24) is 4.90 Å². The zero-order valence-electron chi connectivity index (χ0n) is 12.4. The molecule has 1 saturated heterocycles. The van der Waals surface area contributed by atoms with Crippen LogP contribution in [0.3, 0.4) is 0 Å². The maximum atomic E-state index is 12.8. The van der Waals surface area contributed by atoms with Gasteiger partial charge in [0.05, 0.1) is 19.2 Å². The molecule has 5 nitrogen and oxygen atoms in total. The average molecular weight is 299 g/mol. The molecule has 3 rings (SSSR count). The van der Waals surface area contributed by atoms with E-state index in [2.05, 4.69) is 4.74 Å². The van der Waals surface area contributed by atoms with Gasteiger partial charge < -0.3 is 9.64 Å². The quantitative estimate of drug-likeness (QED) is 0.799. The van der Waals surface area contributed by atoms with Crippen molar-refractivity contribution in [2.24, 2.45) is 0 Å². The van der Waals surface area contributed by atoms with E-state index in [-0.39, 0.29) is 23.6 Å². The molecule has 0 amide bonds. The minimum Gasteiger partial charge on any atom is -0.469 e. The Morgan fingerprint density at radius 3 is 2.27 bits per heavy atom. The van der Waals surface area contributed by atoms with Crippen LogP contribution in [0.25, 0.3) is 0 Å². The molecule has 1 aliphatic heterocycles. The van der Waals surface area contributed by atoms with Gasteiger partial charge in [0.15, 0.2) is 5.78 Å². The maximum Gasteiger partial charge on any atom is 0.310 e. The Morgan fingerprint density at radius 1 is 1.09 bits per heavy atom. The Morgan fingerprint density at radius 2 is 1.68 bits per heavy atom. The number of ether oxygens (including phenoxy) is 1. The number of hydrogen-bond donors (Lipinski definition) is 0. The highest BCUT2D eigenvalue weighted by Crippen LogP contribution is 2.32. The number of methoxy groups -OCH3 is 1. The molecule has 0 bridgehead atoms. The molecule has 1 aromatic carbocycles. The number of likely N-dealkylation sites (tertiary alicyclic amines) is 1. The van der Waals surface area contributed by atoms with Crippen LogP contribution in [0.1, 0.15) is 40.0 Å². The third-order valence-corrected chi connectivity index (χ3v) is 4.16. The molecular weight excluding hydrogens is 282 g/mol. The van der Waals surface area contributed by atoms with Gasteiger partial charge in [0.25, 0.3) is 0 Å². The lowest BCUT2D eigenvalue weighted by molar-refractivity contribution is -0.139. The summed E-state index contributed by atoms with van der Waals surface area (Å²) in [5.74, 6) is -0.925. The van der Waals surface area contributed by atoms with E-state index in [9.17, 15) is 14.4 Å². The second-order valence-electron chi connectivity index (χ2n) is 5.48. The molecule has 0 saturated carbocycles. The van der Waals surface area contributed by atoms with Gasteiger partial charge in [-0.1, -0.05) is 24.3 Å². The summed E-state index contributed by atoms with van der Waals surface area (Å²) in [6.07, 6.45) is 1.80. The molecule has 2 aliphatic rings. The molecule has 1 fully saturated rings. The van der Waals surface area contributed by atoms with Gasteiger partial charge in [0, 0.05) is 29.8 Å². The third-order valence-electron chi connectivity index (χ3n) is 4.16. The van der Waals surface area contributed by atoms with E-state index in [0.29, 0.717) is 16.8 Å². The molecule has 1 heterocycles. The van der Waals surface area contributed by atoms with E-state index in [1.807, 2.05) is 4.90 Å². The van der Waals surface area contributed by atoms with Gasteiger partial charge in [-0.2, -0.15) is 0 Å². The minimum absolute atomic E-state index is 0.165. The number of nitrogens with zero attached hydrogens (tertiary/aromatic N) is 1. The molecule has 0 atom stereocenters. The monoisotopic (exact) mass is 299 g/mol. The van der Waals surface area contributed by atoms with E-state index in [1.165, 1.54) is 7.11 Å². The van der Waals surface area contributed by atoms with Crippen molar-refractivity contribution in [3.05, 3.63) is 46.7 Å². The molecule has 0 aromatic heterocycles. The number of fused-ring (bicyclic) bond motifs is 1. The van der Waals surface area contributed by atoms with Gasteiger partial charge in [-0.25, -0.2) is 0 Å². The van der Waals surface area contributed by atoms with Crippen molar-refractivity contribution >= 4 is 17.5 Å². The number of rotatable bonds is 3. The average Bonchev–Trinajstić information content (AvgIpc) is 3.06. The third kappa shape index (κ3) is 2.32. The number of carbonyl (C=O) groups is 3. The number of Topliss-reactive ketones (excluding diaryl/α,β-unsaturated/α-hetero) is 2. The zero-order chi connectivity index (χ0) is 15.7. The van der Waals surface area contributed by atoms with Gasteiger partial charge >= 0.3 is 5.97 Å². The first-order valence-electron chi connectivity index (χ1n) is 7.37. The molecule has 1 aliphatic carbocycles.